The van der Waals surface area contributed by atoms with E-state index in [9.17, 15) is 14.4 Å². The molecule has 2 aliphatic rings. The molecule has 1 fully saturated rings. The Morgan fingerprint density at radius 2 is 1.88 bits per heavy atom. The van der Waals surface area contributed by atoms with Crippen LogP contribution in [0.3, 0.4) is 0 Å². The molecule has 0 saturated heterocycles. The lowest BCUT2D eigenvalue weighted by molar-refractivity contribution is -0.141. The van der Waals surface area contributed by atoms with Crippen LogP contribution in [0.5, 0.6) is 5.75 Å². The normalized spacial score (nSPS) is 20.8. The Bertz CT molecular complexity index is 843. The number of nitrogens with zero attached hydrogens (tertiary/aromatic N) is 2. The van der Waals surface area contributed by atoms with Crippen LogP contribution in [0.1, 0.15) is 45.4 Å². The van der Waals surface area contributed by atoms with E-state index in [4.69, 9.17) is 4.74 Å². The van der Waals surface area contributed by atoms with Crippen LogP contribution in [0.15, 0.2) is 29.3 Å². The van der Waals surface area contributed by atoms with Crippen LogP contribution in [-0.4, -0.2) is 55.0 Å². The molecule has 0 bridgehead atoms. The van der Waals surface area contributed by atoms with Gasteiger partial charge in [-0.1, -0.05) is 37.4 Å². The first-order valence-corrected chi connectivity index (χ1v) is 12.0. The van der Waals surface area contributed by atoms with Gasteiger partial charge >= 0.3 is 5.97 Å². The molecule has 0 aromatic heterocycles. The largest absolute Gasteiger partial charge is 0.484 e. The number of methoxy groups -OCH3 is 1. The van der Waals surface area contributed by atoms with Crippen molar-refractivity contribution in [3.8, 4) is 5.75 Å². The highest BCUT2D eigenvalue weighted by Gasteiger charge is 2.36. The van der Waals surface area contributed by atoms with Gasteiger partial charge in [0.15, 0.2) is 11.8 Å². The van der Waals surface area contributed by atoms with Crippen molar-refractivity contribution in [1.29, 1.82) is 0 Å². The van der Waals surface area contributed by atoms with E-state index in [1.807, 2.05) is 24.0 Å². The summed E-state index contributed by atoms with van der Waals surface area (Å²) >= 11 is 1.73. The van der Waals surface area contributed by atoms with E-state index >= 15 is 0 Å². The number of ether oxygens (including phenoxy) is 2. The van der Waals surface area contributed by atoms with Crippen molar-refractivity contribution in [2.24, 2.45) is 10.9 Å². The number of benzene rings is 1. The summed E-state index contributed by atoms with van der Waals surface area (Å²) in [7, 11) is 1.26. The van der Waals surface area contributed by atoms with Crippen LogP contribution in [0.25, 0.3) is 0 Å². The number of amides is 2. The molecule has 2 unspecified atom stereocenters. The number of hydrogen-bond donors (Lipinski definition) is 1. The number of anilines is 1. The lowest BCUT2D eigenvalue weighted by Crippen LogP contribution is -2.39. The van der Waals surface area contributed by atoms with E-state index in [-0.39, 0.29) is 25.0 Å². The van der Waals surface area contributed by atoms with Gasteiger partial charge in [-0.2, -0.15) is 4.99 Å². The van der Waals surface area contributed by atoms with Gasteiger partial charge in [-0.05, 0) is 44.0 Å². The van der Waals surface area contributed by atoms with Gasteiger partial charge in [-0.15, -0.1) is 0 Å². The van der Waals surface area contributed by atoms with Crippen LogP contribution in [0, 0.1) is 5.92 Å². The standard InChI is InChI=1S/C23H31N3O5S/c1-3-26(23-25-22(29)18-8-6-4-5-7-9-19(18)32-23)16-10-12-17(13-11-16)31-15-20(27)24-14-21(28)30-2/h10-13,18-19H,3-9,14-15H2,1-2H3,(H,24,27). The number of hydrogen-bond acceptors (Lipinski definition) is 7. The average Bonchev–Trinajstić information content (AvgIpc) is 2.78. The molecule has 1 saturated carbocycles. The van der Waals surface area contributed by atoms with Gasteiger partial charge in [0.1, 0.15) is 12.3 Å². The molecule has 2 amide bonds. The highest BCUT2D eigenvalue weighted by molar-refractivity contribution is 8.14. The van der Waals surface area contributed by atoms with Crippen molar-refractivity contribution >= 4 is 40.4 Å². The topological polar surface area (TPSA) is 97.3 Å². The van der Waals surface area contributed by atoms with E-state index < -0.39 is 11.9 Å². The van der Waals surface area contributed by atoms with Crippen molar-refractivity contribution in [2.45, 2.75) is 50.7 Å². The monoisotopic (exact) mass is 461 g/mol. The van der Waals surface area contributed by atoms with Gasteiger partial charge in [-0.3, -0.25) is 14.4 Å². The Balaban J connectivity index is 1.61. The predicted molar refractivity (Wildman–Crippen MR) is 125 cm³/mol. The summed E-state index contributed by atoms with van der Waals surface area (Å²) in [5.41, 5.74) is 0.915. The van der Waals surface area contributed by atoms with Crippen LogP contribution in [0.2, 0.25) is 0 Å². The maximum absolute atomic E-state index is 12.8. The summed E-state index contributed by atoms with van der Waals surface area (Å²) in [5, 5.41) is 3.48. The van der Waals surface area contributed by atoms with E-state index in [1.54, 1.807) is 23.9 Å². The van der Waals surface area contributed by atoms with Gasteiger partial charge in [0.25, 0.3) is 11.8 Å². The Labute approximate surface area is 193 Å². The molecule has 1 N–H and O–H groups in total. The van der Waals surface area contributed by atoms with E-state index in [1.165, 1.54) is 26.4 Å². The number of amidine groups is 1. The zero-order valence-electron chi connectivity index (χ0n) is 18.7. The number of thioether (sulfide) groups is 1. The second-order valence-corrected chi connectivity index (χ2v) is 9.07. The Hall–Kier alpha value is -2.55. The van der Waals surface area contributed by atoms with Crippen molar-refractivity contribution < 1.29 is 23.9 Å². The molecule has 1 aromatic carbocycles. The first kappa shape index (κ1) is 24.1. The van der Waals surface area contributed by atoms with Gasteiger partial charge in [0, 0.05) is 17.5 Å². The predicted octanol–water partition coefficient (Wildman–Crippen LogP) is 3.15. The lowest BCUT2D eigenvalue weighted by Gasteiger charge is -2.34. The summed E-state index contributed by atoms with van der Waals surface area (Å²) in [5.74, 6) is -0.330. The molecular weight excluding hydrogens is 430 g/mol. The maximum Gasteiger partial charge on any atom is 0.325 e. The summed E-state index contributed by atoms with van der Waals surface area (Å²) < 4.78 is 9.96. The number of carbonyl (C=O) groups excluding carboxylic acids is 3. The van der Waals surface area contributed by atoms with Crippen LogP contribution in [0.4, 0.5) is 5.69 Å². The van der Waals surface area contributed by atoms with Gasteiger partial charge < -0.3 is 19.7 Å². The van der Waals surface area contributed by atoms with E-state index in [0.29, 0.717) is 17.5 Å². The number of nitrogens with one attached hydrogen (secondary N) is 1. The summed E-state index contributed by atoms with van der Waals surface area (Å²) in [6.45, 7) is 2.33. The molecule has 174 valence electrons. The quantitative estimate of drug-likeness (QED) is 0.623. The third-order valence-corrected chi connectivity index (χ3v) is 7.09. The smallest absolute Gasteiger partial charge is 0.325 e. The molecule has 32 heavy (non-hydrogen) atoms. The van der Waals surface area contributed by atoms with Crippen LogP contribution in [-0.2, 0) is 19.1 Å². The number of esters is 1. The molecule has 0 radical (unpaired) electrons. The first-order chi connectivity index (χ1) is 15.5. The fourth-order valence-electron chi connectivity index (χ4n) is 3.93. The zero-order valence-corrected chi connectivity index (χ0v) is 19.5. The third-order valence-electron chi connectivity index (χ3n) is 5.71. The molecule has 3 rings (SSSR count). The Morgan fingerprint density at radius 3 is 2.56 bits per heavy atom. The lowest BCUT2D eigenvalue weighted by atomic mass is 9.90. The SMILES string of the molecule is CCN(C1=NC(=O)C2CCCCCCC2S1)c1ccc(OCC(=O)NCC(=O)OC)cc1. The van der Waals surface area contributed by atoms with Crippen molar-refractivity contribution in [1.82, 2.24) is 5.32 Å². The van der Waals surface area contributed by atoms with Crippen LogP contribution < -0.4 is 15.0 Å². The molecule has 9 heteroatoms. The first-order valence-electron chi connectivity index (χ1n) is 11.1. The molecule has 8 nitrogen and oxygen atoms in total. The van der Waals surface area contributed by atoms with Crippen molar-refractivity contribution in [3.63, 3.8) is 0 Å². The summed E-state index contributed by atoms with van der Waals surface area (Å²) in [6, 6.07) is 7.34. The number of aliphatic imine (C=N–C) groups is 1. The highest BCUT2D eigenvalue weighted by Crippen LogP contribution is 2.38. The number of fused-ring (bicyclic) bond motifs is 1. The van der Waals surface area contributed by atoms with E-state index in [2.05, 4.69) is 15.0 Å². The van der Waals surface area contributed by atoms with Gasteiger partial charge in [0.2, 0.25) is 0 Å². The minimum atomic E-state index is -0.518. The van der Waals surface area contributed by atoms with Crippen molar-refractivity contribution in [3.05, 3.63) is 24.3 Å². The maximum atomic E-state index is 12.8. The minimum absolute atomic E-state index is 0.0158. The number of rotatable bonds is 7. The number of carbonyl (C=O) groups is 3. The fourth-order valence-corrected chi connectivity index (χ4v) is 5.41. The van der Waals surface area contributed by atoms with Gasteiger partial charge in [-0.25, -0.2) is 0 Å². The van der Waals surface area contributed by atoms with E-state index in [0.717, 1.165) is 30.1 Å². The molecule has 1 heterocycles. The Kier molecular flexibility index (Phi) is 8.96. The molecule has 2 atom stereocenters. The molecule has 1 aliphatic heterocycles. The minimum Gasteiger partial charge on any atom is -0.484 e. The molecular formula is C23H31N3O5S. The van der Waals surface area contributed by atoms with Crippen LogP contribution >= 0.6 is 11.8 Å². The summed E-state index contributed by atoms with van der Waals surface area (Å²) in [6.07, 6.45) is 6.73. The third kappa shape index (κ3) is 6.48. The Morgan fingerprint density at radius 1 is 1.16 bits per heavy atom. The van der Waals surface area contributed by atoms with Crippen molar-refractivity contribution in [2.75, 3.05) is 31.7 Å². The van der Waals surface area contributed by atoms with Gasteiger partial charge in [0.05, 0.1) is 13.0 Å². The highest BCUT2D eigenvalue weighted by atomic mass is 32.2. The molecule has 0 spiro atoms. The fraction of sp³-hybridized carbons (Fsp3) is 0.565. The second kappa shape index (κ2) is 11.9. The molecule has 1 aromatic rings. The molecule has 1 aliphatic carbocycles. The zero-order chi connectivity index (χ0) is 22.9. The summed E-state index contributed by atoms with van der Waals surface area (Å²) in [4.78, 5) is 42.1. The average molecular weight is 462 g/mol. The second-order valence-electron chi connectivity index (χ2n) is 7.87.